The summed E-state index contributed by atoms with van der Waals surface area (Å²) in [5, 5.41) is 1.33. The zero-order chi connectivity index (χ0) is 11.9. The van der Waals surface area contributed by atoms with Gasteiger partial charge in [-0.1, -0.05) is 6.07 Å². The molecule has 0 saturated heterocycles. The van der Waals surface area contributed by atoms with Crippen LogP contribution in [0, 0.1) is 0 Å². The van der Waals surface area contributed by atoms with Gasteiger partial charge in [-0.15, -0.1) is 0 Å². The molecule has 1 aromatic heterocycles. The number of aromatic nitrogens is 1. The SMILES string of the molecule is CN(C)C1(Cc2ccc3[nH]ccc3c2)CCC1. The van der Waals surface area contributed by atoms with Crippen LogP contribution in [0.3, 0.4) is 0 Å². The molecule has 2 aromatic rings. The summed E-state index contributed by atoms with van der Waals surface area (Å²) in [7, 11) is 4.43. The number of aromatic amines is 1. The van der Waals surface area contributed by atoms with Gasteiger partial charge in [0.1, 0.15) is 0 Å². The Morgan fingerprint density at radius 2 is 2.06 bits per heavy atom. The van der Waals surface area contributed by atoms with E-state index in [0.29, 0.717) is 5.54 Å². The lowest BCUT2D eigenvalue weighted by molar-refractivity contribution is 0.0608. The van der Waals surface area contributed by atoms with Crippen molar-refractivity contribution in [1.29, 1.82) is 0 Å². The summed E-state index contributed by atoms with van der Waals surface area (Å²) in [6.45, 7) is 0. The molecule has 0 unspecified atom stereocenters. The second-order valence-electron chi connectivity index (χ2n) is 5.55. The van der Waals surface area contributed by atoms with Crippen LogP contribution in [0.5, 0.6) is 0 Å². The Kier molecular flexibility index (Phi) is 2.48. The van der Waals surface area contributed by atoms with E-state index in [4.69, 9.17) is 0 Å². The molecule has 2 heteroatoms. The maximum atomic E-state index is 3.25. The van der Waals surface area contributed by atoms with Crippen LogP contribution in [0.4, 0.5) is 0 Å². The number of nitrogens with zero attached hydrogens (tertiary/aromatic N) is 1. The smallest absolute Gasteiger partial charge is 0.0454 e. The molecule has 0 bridgehead atoms. The van der Waals surface area contributed by atoms with Crippen molar-refractivity contribution >= 4 is 10.9 Å². The lowest BCUT2D eigenvalue weighted by atomic mass is 9.72. The summed E-state index contributed by atoms with van der Waals surface area (Å²) in [5.41, 5.74) is 3.12. The van der Waals surface area contributed by atoms with E-state index in [1.807, 2.05) is 6.20 Å². The fourth-order valence-electron chi connectivity index (χ4n) is 2.96. The monoisotopic (exact) mass is 228 g/mol. The number of hydrogen-bond donors (Lipinski definition) is 1. The summed E-state index contributed by atoms with van der Waals surface area (Å²) < 4.78 is 0. The zero-order valence-electron chi connectivity index (χ0n) is 10.7. The maximum absolute atomic E-state index is 3.25. The van der Waals surface area contributed by atoms with Crippen molar-refractivity contribution in [2.75, 3.05) is 14.1 Å². The quantitative estimate of drug-likeness (QED) is 0.854. The topological polar surface area (TPSA) is 19.0 Å². The zero-order valence-corrected chi connectivity index (χ0v) is 10.7. The molecule has 1 N–H and O–H groups in total. The average Bonchev–Trinajstić information content (AvgIpc) is 2.69. The molecule has 3 rings (SSSR count). The molecule has 2 nitrogen and oxygen atoms in total. The number of benzene rings is 1. The third-order valence-corrected chi connectivity index (χ3v) is 4.38. The van der Waals surface area contributed by atoms with Crippen LogP contribution in [0.25, 0.3) is 10.9 Å². The van der Waals surface area contributed by atoms with E-state index in [1.54, 1.807) is 0 Å². The molecule has 17 heavy (non-hydrogen) atoms. The second-order valence-corrected chi connectivity index (χ2v) is 5.55. The molecule has 0 spiro atoms. The normalized spacial score (nSPS) is 18.5. The van der Waals surface area contributed by atoms with E-state index < -0.39 is 0 Å². The number of rotatable bonds is 3. The van der Waals surface area contributed by atoms with E-state index in [0.717, 1.165) is 0 Å². The number of hydrogen-bond acceptors (Lipinski definition) is 1. The Bertz CT molecular complexity index is 520. The molecule has 1 saturated carbocycles. The Morgan fingerprint density at radius 1 is 1.24 bits per heavy atom. The molecule has 1 fully saturated rings. The summed E-state index contributed by atoms with van der Waals surface area (Å²) in [6, 6.07) is 8.95. The lowest BCUT2D eigenvalue weighted by Crippen LogP contribution is -2.51. The minimum absolute atomic E-state index is 0.421. The van der Waals surface area contributed by atoms with Crippen LogP contribution in [0.2, 0.25) is 0 Å². The molecular formula is C15H20N2. The van der Waals surface area contributed by atoms with Gasteiger partial charge < -0.3 is 9.88 Å². The van der Waals surface area contributed by atoms with Crippen LogP contribution in [-0.2, 0) is 6.42 Å². The minimum Gasteiger partial charge on any atom is -0.361 e. The molecule has 0 amide bonds. The predicted molar refractivity (Wildman–Crippen MR) is 72.3 cm³/mol. The first kappa shape index (κ1) is 10.8. The molecule has 90 valence electrons. The molecule has 1 heterocycles. The predicted octanol–water partition coefficient (Wildman–Crippen LogP) is 3.19. The molecule has 0 atom stereocenters. The van der Waals surface area contributed by atoms with Gasteiger partial charge in [-0.25, -0.2) is 0 Å². The minimum atomic E-state index is 0.421. The average molecular weight is 228 g/mol. The molecule has 1 aliphatic rings. The van der Waals surface area contributed by atoms with Gasteiger partial charge in [-0.05, 0) is 68.9 Å². The van der Waals surface area contributed by atoms with E-state index in [9.17, 15) is 0 Å². The van der Waals surface area contributed by atoms with Gasteiger partial charge in [0, 0.05) is 17.3 Å². The van der Waals surface area contributed by atoms with Crippen molar-refractivity contribution in [3.8, 4) is 0 Å². The Hall–Kier alpha value is -1.28. The Morgan fingerprint density at radius 3 is 2.71 bits per heavy atom. The maximum Gasteiger partial charge on any atom is 0.0454 e. The molecular weight excluding hydrogens is 208 g/mol. The highest BCUT2D eigenvalue weighted by Gasteiger charge is 2.38. The molecule has 0 aliphatic heterocycles. The fourth-order valence-corrected chi connectivity index (χ4v) is 2.96. The number of nitrogens with one attached hydrogen (secondary N) is 1. The first-order chi connectivity index (χ1) is 8.20. The molecule has 1 aromatic carbocycles. The summed E-state index contributed by atoms with van der Waals surface area (Å²) >= 11 is 0. The lowest BCUT2D eigenvalue weighted by Gasteiger charge is -2.47. The van der Waals surface area contributed by atoms with Gasteiger partial charge in [0.05, 0.1) is 0 Å². The number of fused-ring (bicyclic) bond motifs is 1. The summed E-state index contributed by atoms with van der Waals surface area (Å²) in [4.78, 5) is 5.66. The number of likely N-dealkylation sites (N-methyl/N-ethyl adjacent to an activating group) is 1. The fraction of sp³-hybridized carbons (Fsp3) is 0.467. The van der Waals surface area contributed by atoms with Gasteiger partial charge >= 0.3 is 0 Å². The van der Waals surface area contributed by atoms with Gasteiger partial charge in [-0.3, -0.25) is 0 Å². The Balaban J connectivity index is 1.88. The third kappa shape index (κ3) is 1.77. The van der Waals surface area contributed by atoms with Crippen LogP contribution in [-0.4, -0.2) is 29.5 Å². The van der Waals surface area contributed by atoms with Crippen LogP contribution >= 0.6 is 0 Å². The number of H-pyrrole nitrogens is 1. The molecule has 1 aliphatic carbocycles. The van der Waals surface area contributed by atoms with Gasteiger partial charge in [0.2, 0.25) is 0 Å². The van der Waals surface area contributed by atoms with Crippen molar-refractivity contribution in [3.63, 3.8) is 0 Å². The van der Waals surface area contributed by atoms with Gasteiger partial charge in [0.15, 0.2) is 0 Å². The van der Waals surface area contributed by atoms with E-state index in [-0.39, 0.29) is 0 Å². The van der Waals surface area contributed by atoms with Crippen molar-refractivity contribution in [2.24, 2.45) is 0 Å². The molecule has 0 radical (unpaired) electrons. The van der Waals surface area contributed by atoms with Crippen LogP contribution in [0.1, 0.15) is 24.8 Å². The first-order valence-electron chi connectivity index (χ1n) is 6.43. The van der Waals surface area contributed by atoms with E-state index in [2.05, 4.69) is 48.2 Å². The van der Waals surface area contributed by atoms with Gasteiger partial charge in [-0.2, -0.15) is 0 Å². The van der Waals surface area contributed by atoms with Crippen molar-refractivity contribution < 1.29 is 0 Å². The summed E-state index contributed by atoms with van der Waals surface area (Å²) in [5.74, 6) is 0. The van der Waals surface area contributed by atoms with Crippen molar-refractivity contribution in [3.05, 3.63) is 36.0 Å². The van der Waals surface area contributed by atoms with Crippen LogP contribution < -0.4 is 0 Å². The first-order valence-corrected chi connectivity index (χ1v) is 6.43. The van der Waals surface area contributed by atoms with Crippen LogP contribution in [0.15, 0.2) is 30.5 Å². The van der Waals surface area contributed by atoms with E-state index in [1.165, 1.54) is 42.1 Å². The van der Waals surface area contributed by atoms with Gasteiger partial charge in [0.25, 0.3) is 0 Å². The van der Waals surface area contributed by atoms with Crippen molar-refractivity contribution in [2.45, 2.75) is 31.2 Å². The largest absolute Gasteiger partial charge is 0.361 e. The highest BCUT2D eigenvalue weighted by atomic mass is 15.2. The highest BCUT2D eigenvalue weighted by Crippen LogP contribution is 2.39. The van der Waals surface area contributed by atoms with Crippen molar-refractivity contribution in [1.82, 2.24) is 9.88 Å². The standard InChI is InChI=1S/C15H20N2/c1-17(2)15(7-3-8-15)11-12-4-5-14-13(10-12)6-9-16-14/h4-6,9-10,16H,3,7-8,11H2,1-2H3. The van der Waals surface area contributed by atoms with E-state index >= 15 is 0 Å². The summed E-state index contributed by atoms with van der Waals surface area (Å²) in [6.07, 6.45) is 7.25. The second kappa shape index (κ2) is 3.88. The highest BCUT2D eigenvalue weighted by molar-refractivity contribution is 5.79. The Labute approximate surface area is 103 Å². The third-order valence-electron chi connectivity index (χ3n) is 4.38.